The molecule has 0 unspecified atom stereocenters. The van der Waals surface area contributed by atoms with Gasteiger partial charge in [-0.25, -0.2) is 4.84 Å². The van der Waals surface area contributed by atoms with Crippen LogP contribution in [0.1, 0.15) is 0 Å². The highest BCUT2D eigenvalue weighted by Crippen LogP contribution is 2.13. The van der Waals surface area contributed by atoms with Gasteiger partial charge >= 0.3 is 13.0 Å². The second-order valence-electron chi connectivity index (χ2n) is 1.01. The van der Waals surface area contributed by atoms with E-state index in [-0.39, 0.29) is 0 Å². The van der Waals surface area contributed by atoms with Gasteiger partial charge in [0.1, 0.15) is 0 Å². The van der Waals surface area contributed by atoms with Crippen molar-refractivity contribution in [1.29, 1.82) is 0 Å². The van der Waals surface area contributed by atoms with E-state index in [1.165, 1.54) is 0 Å². The van der Waals surface area contributed by atoms with Gasteiger partial charge in [-0.3, -0.25) is 0 Å². The molecule has 0 aromatic heterocycles. The number of hydrogen-bond donors (Lipinski definition) is 1. The second kappa shape index (κ2) is 3.64. The zero-order valence-electron chi connectivity index (χ0n) is 4.28. The monoisotopic (exact) mass is 167 g/mol. The molecule has 0 aliphatic heterocycles. The van der Waals surface area contributed by atoms with Crippen molar-refractivity contribution < 1.29 is 31.6 Å². The van der Waals surface area contributed by atoms with Gasteiger partial charge in [-0.2, -0.15) is 13.6 Å². The van der Waals surface area contributed by atoms with E-state index in [1.54, 1.807) is 0 Å². The summed E-state index contributed by atoms with van der Waals surface area (Å²) in [5.74, 6) is 0. The van der Waals surface area contributed by atoms with Crippen LogP contribution in [0, 0.1) is 0 Å². The minimum Gasteiger partial charge on any atom is -0.209 e. The van der Waals surface area contributed by atoms with Crippen molar-refractivity contribution in [2.75, 3.05) is 0 Å². The molecule has 62 valence electrons. The van der Waals surface area contributed by atoms with Gasteiger partial charge in [0, 0.05) is 0 Å². The summed E-state index contributed by atoms with van der Waals surface area (Å²) < 4.78 is 54.4. The fourth-order valence-corrected chi connectivity index (χ4v) is 0.108. The quantitative estimate of drug-likeness (QED) is 0.505. The average Bonchev–Trinajstić information content (AvgIpc) is 1.59. The third-order valence-electron chi connectivity index (χ3n) is 0.295. The first-order valence-electron chi connectivity index (χ1n) is 1.85. The van der Waals surface area contributed by atoms with Crippen LogP contribution in [-0.4, -0.2) is 13.0 Å². The normalized spacial score (nSPS) is 12.6. The summed E-state index contributed by atoms with van der Waals surface area (Å²) in [6.45, 7) is -3.36. The number of hydrogen-bond acceptors (Lipinski definition) is 3. The number of rotatable bonds is 3. The first kappa shape index (κ1) is 9.53. The van der Waals surface area contributed by atoms with Crippen molar-refractivity contribution in [3.8, 4) is 0 Å². The molecule has 0 heterocycles. The highest BCUT2D eigenvalue weighted by Gasteiger charge is 2.30. The van der Waals surface area contributed by atoms with Crippen molar-refractivity contribution >= 4 is 0 Å². The maximum atomic E-state index is 10.9. The lowest BCUT2D eigenvalue weighted by atomic mass is 11.4. The molecule has 0 fully saturated rings. The van der Waals surface area contributed by atoms with Crippen LogP contribution in [0.15, 0.2) is 0 Å². The number of halogens is 5. The zero-order chi connectivity index (χ0) is 8.20. The van der Waals surface area contributed by atoms with Gasteiger partial charge in [0.25, 0.3) is 0 Å². The van der Waals surface area contributed by atoms with Crippen LogP contribution in [0.5, 0.6) is 0 Å². The van der Waals surface area contributed by atoms with Crippen molar-refractivity contribution in [3.63, 3.8) is 0 Å². The standard InChI is InChI=1S/C2H2F5NO2/c3-1(4)9-8-10-2(5,6)7/h1,8H. The molecule has 8 heteroatoms. The number of nitrogens with one attached hydrogen (secondary N) is 1. The fourth-order valence-electron chi connectivity index (χ4n) is 0.108. The number of alkyl halides is 5. The average molecular weight is 167 g/mol. The molecule has 0 atom stereocenters. The molecule has 0 aliphatic carbocycles. The Hall–Kier alpha value is -0.470. The van der Waals surface area contributed by atoms with Crippen LogP contribution in [-0.2, 0) is 9.68 Å². The third-order valence-corrected chi connectivity index (χ3v) is 0.295. The third kappa shape index (κ3) is 7.53. The Labute approximate surface area is 51.6 Å². The van der Waals surface area contributed by atoms with E-state index in [4.69, 9.17) is 0 Å². The first-order chi connectivity index (χ1) is 4.42. The molecular formula is C2H2F5NO2. The highest BCUT2D eigenvalue weighted by molar-refractivity contribution is 4.15. The van der Waals surface area contributed by atoms with Crippen LogP contribution in [0.3, 0.4) is 0 Å². The summed E-state index contributed by atoms with van der Waals surface area (Å²) in [5.41, 5.74) is 0.550. The molecule has 0 aliphatic rings. The summed E-state index contributed by atoms with van der Waals surface area (Å²) in [6.07, 6.45) is -5.03. The Morgan fingerprint density at radius 3 is 2.00 bits per heavy atom. The van der Waals surface area contributed by atoms with Crippen molar-refractivity contribution in [2.45, 2.75) is 13.0 Å². The van der Waals surface area contributed by atoms with Gasteiger partial charge in [0.15, 0.2) is 0 Å². The molecule has 0 saturated carbocycles. The summed E-state index contributed by atoms with van der Waals surface area (Å²) in [5, 5.41) is 0. The summed E-state index contributed by atoms with van der Waals surface area (Å²) in [4.78, 5) is 5.48. The van der Waals surface area contributed by atoms with Crippen LogP contribution in [0.25, 0.3) is 0 Å². The second-order valence-corrected chi connectivity index (χ2v) is 1.01. The molecule has 0 saturated heterocycles. The predicted molar refractivity (Wildman–Crippen MR) is 17.4 cm³/mol. The van der Waals surface area contributed by atoms with Crippen LogP contribution in [0.4, 0.5) is 22.0 Å². The lowest BCUT2D eigenvalue weighted by Crippen LogP contribution is -2.27. The molecule has 1 N–H and O–H groups in total. The summed E-state index contributed by atoms with van der Waals surface area (Å²) in [7, 11) is 0. The molecular weight excluding hydrogens is 165 g/mol. The maximum absolute atomic E-state index is 10.9. The van der Waals surface area contributed by atoms with Crippen LogP contribution < -0.4 is 5.64 Å². The molecule has 0 aromatic carbocycles. The minimum absolute atomic E-state index is 0.550. The van der Waals surface area contributed by atoms with Crippen LogP contribution >= 0.6 is 0 Å². The van der Waals surface area contributed by atoms with Gasteiger partial charge in [0.05, 0.1) is 0 Å². The molecule has 10 heavy (non-hydrogen) atoms. The molecule has 0 aromatic rings. The molecule has 0 radical (unpaired) electrons. The van der Waals surface area contributed by atoms with E-state index in [9.17, 15) is 22.0 Å². The Morgan fingerprint density at radius 1 is 1.20 bits per heavy atom. The predicted octanol–water partition coefficient (Wildman–Crippen LogP) is 1.18. The van der Waals surface area contributed by atoms with E-state index < -0.39 is 13.0 Å². The Kier molecular flexibility index (Phi) is 3.47. The maximum Gasteiger partial charge on any atom is 0.540 e. The van der Waals surface area contributed by atoms with Gasteiger partial charge in [-0.15, -0.1) is 13.2 Å². The van der Waals surface area contributed by atoms with E-state index in [0.29, 0.717) is 5.64 Å². The smallest absolute Gasteiger partial charge is 0.209 e. The summed E-state index contributed by atoms with van der Waals surface area (Å²) >= 11 is 0. The molecule has 0 spiro atoms. The Balaban J connectivity index is 3.21. The SMILES string of the molecule is FC(F)ONOC(F)(F)F. The molecule has 0 bridgehead atoms. The van der Waals surface area contributed by atoms with Crippen molar-refractivity contribution in [3.05, 3.63) is 0 Å². The molecule has 3 nitrogen and oxygen atoms in total. The van der Waals surface area contributed by atoms with Crippen molar-refractivity contribution in [2.24, 2.45) is 0 Å². The molecule has 0 rings (SSSR count). The zero-order valence-corrected chi connectivity index (χ0v) is 4.28. The minimum atomic E-state index is -5.03. The van der Waals surface area contributed by atoms with E-state index in [2.05, 4.69) is 9.68 Å². The van der Waals surface area contributed by atoms with Crippen molar-refractivity contribution in [1.82, 2.24) is 5.64 Å². The topological polar surface area (TPSA) is 30.5 Å². The first-order valence-corrected chi connectivity index (χ1v) is 1.85. The Bertz CT molecular complexity index is 92.1. The fraction of sp³-hybridized carbons (Fsp3) is 1.00. The highest BCUT2D eigenvalue weighted by atomic mass is 19.4. The van der Waals surface area contributed by atoms with E-state index in [0.717, 1.165) is 0 Å². The largest absolute Gasteiger partial charge is 0.540 e. The summed E-state index contributed by atoms with van der Waals surface area (Å²) in [6, 6.07) is 0. The lowest BCUT2D eigenvalue weighted by molar-refractivity contribution is -0.413. The van der Waals surface area contributed by atoms with Gasteiger partial charge in [-0.1, -0.05) is 5.64 Å². The molecule has 0 amide bonds. The van der Waals surface area contributed by atoms with Gasteiger partial charge < -0.3 is 0 Å². The lowest BCUT2D eigenvalue weighted by Gasteiger charge is -2.06. The Morgan fingerprint density at radius 2 is 1.70 bits per heavy atom. The van der Waals surface area contributed by atoms with Crippen LogP contribution in [0.2, 0.25) is 0 Å². The van der Waals surface area contributed by atoms with Gasteiger partial charge in [0.2, 0.25) is 0 Å². The van der Waals surface area contributed by atoms with E-state index in [1.807, 2.05) is 0 Å². The van der Waals surface area contributed by atoms with Gasteiger partial charge in [-0.05, 0) is 0 Å². The van der Waals surface area contributed by atoms with E-state index >= 15 is 0 Å².